The fraction of sp³-hybridized carbons (Fsp3) is 0.286. The van der Waals surface area contributed by atoms with Crippen molar-refractivity contribution in [1.29, 1.82) is 0 Å². The summed E-state index contributed by atoms with van der Waals surface area (Å²) in [7, 11) is 3.20. The van der Waals surface area contributed by atoms with Crippen molar-refractivity contribution in [2.75, 3.05) is 20.8 Å². The summed E-state index contributed by atoms with van der Waals surface area (Å²) >= 11 is 0. The van der Waals surface area contributed by atoms with Crippen molar-refractivity contribution in [3.8, 4) is 11.5 Å². The fourth-order valence-corrected chi connectivity index (χ4v) is 3.56. The molecule has 7 heteroatoms. The molecule has 0 saturated carbocycles. The van der Waals surface area contributed by atoms with E-state index in [0.29, 0.717) is 30.0 Å². The molecule has 0 aliphatic carbocycles. The topological polar surface area (TPSA) is 73.7 Å². The van der Waals surface area contributed by atoms with Crippen LogP contribution in [-0.2, 0) is 24.3 Å². The van der Waals surface area contributed by atoms with E-state index in [1.807, 2.05) is 24.3 Å². The molecule has 0 saturated heterocycles. The summed E-state index contributed by atoms with van der Waals surface area (Å²) in [4.78, 5) is 27.2. The molecular weight excluding hydrogens is 358 g/mol. The number of benzene rings is 2. The first-order chi connectivity index (χ1) is 13.6. The summed E-state index contributed by atoms with van der Waals surface area (Å²) in [6, 6.07) is 11.1. The van der Waals surface area contributed by atoms with Crippen molar-refractivity contribution in [1.82, 2.24) is 14.7 Å². The van der Waals surface area contributed by atoms with Gasteiger partial charge in [-0.1, -0.05) is 18.2 Å². The SMILES string of the molecule is COc1cc2c(cc1OC)CN(C(=O)Cn1ncc3ccccc3c1=O)CC2. The van der Waals surface area contributed by atoms with E-state index in [-0.39, 0.29) is 18.0 Å². The number of methoxy groups -OCH3 is 2. The number of ether oxygens (including phenoxy) is 2. The van der Waals surface area contributed by atoms with Crippen LogP contribution >= 0.6 is 0 Å². The molecule has 1 aliphatic rings. The van der Waals surface area contributed by atoms with Crippen LogP contribution in [0.1, 0.15) is 11.1 Å². The van der Waals surface area contributed by atoms with Gasteiger partial charge in [-0.25, -0.2) is 4.68 Å². The highest BCUT2D eigenvalue weighted by molar-refractivity contribution is 5.81. The second kappa shape index (κ2) is 7.34. The van der Waals surface area contributed by atoms with E-state index in [1.165, 1.54) is 4.68 Å². The van der Waals surface area contributed by atoms with Crippen LogP contribution in [0.15, 0.2) is 47.4 Å². The Hall–Kier alpha value is -3.35. The first kappa shape index (κ1) is 18.0. The van der Waals surface area contributed by atoms with Crippen LogP contribution in [0.5, 0.6) is 11.5 Å². The number of aromatic nitrogens is 2. The lowest BCUT2D eigenvalue weighted by Crippen LogP contribution is -2.40. The van der Waals surface area contributed by atoms with Gasteiger partial charge in [0, 0.05) is 18.5 Å². The largest absolute Gasteiger partial charge is 0.493 e. The van der Waals surface area contributed by atoms with Crippen molar-refractivity contribution >= 4 is 16.7 Å². The molecule has 0 bridgehead atoms. The predicted octanol–water partition coefficient (Wildman–Crippen LogP) is 2.00. The Labute approximate surface area is 162 Å². The first-order valence-electron chi connectivity index (χ1n) is 9.07. The number of rotatable bonds is 4. The summed E-state index contributed by atoms with van der Waals surface area (Å²) in [6.07, 6.45) is 2.34. The van der Waals surface area contributed by atoms with Crippen LogP contribution in [0.2, 0.25) is 0 Å². The molecule has 144 valence electrons. The number of carbonyl (C=O) groups excluding carboxylic acids is 1. The summed E-state index contributed by atoms with van der Waals surface area (Å²) in [5.74, 6) is 1.20. The molecule has 0 atom stereocenters. The molecule has 28 heavy (non-hydrogen) atoms. The maximum atomic E-state index is 12.8. The van der Waals surface area contributed by atoms with Crippen molar-refractivity contribution < 1.29 is 14.3 Å². The molecule has 0 unspecified atom stereocenters. The molecule has 0 fully saturated rings. The van der Waals surface area contributed by atoms with Gasteiger partial charge in [-0.05, 0) is 35.7 Å². The molecule has 1 aromatic heterocycles. The highest BCUT2D eigenvalue weighted by Gasteiger charge is 2.23. The lowest BCUT2D eigenvalue weighted by Gasteiger charge is -2.29. The van der Waals surface area contributed by atoms with Crippen LogP contribution in [0, 0.1) is 0 Å². The molecule has 4 rings (SSSR count). The van der Waals surface area contributed by atoms with Crippen molar-refractivity contribution in [2.45, 2.75) is 19.5 Å². The van der Waals surface area contributed by atoms with Gasteiger partial charge in [0.2, 0.25) is 5.91 Å². The minimum Gasteiger partial charge on any atom is -0.493 e. The van der Waals surface area contributed by atoms with Crippen LogP contribution in [-0.4, -0.2) is 41.4 Å². The fourth-order valence-electron chi connectivity index (χ4n) is 3.56. The molecule has 3 aromatic rings. The van der Waals surface area contributed by atoms with Gasteiger partial charge < -0.3 is 14.4 Å². The summed E-state index contributed by atoms with van der Waals surface area (Å²) < 4.78 is 11.9. The van der Waals surface area contributed by atoms with Crippen molar-refractivity contribution in [2.24, 2.45) is 0 Å². The highest BCUT2D eigenvalue weighted by Crippen LogP contribution is 2.33. The van der Waals surface area contributed by atoms with E-state index in [4.69, 9.17) is 9.47 Å². The second-order valence-electron chi connectivity index (χ2n) is 6.74. The lowest BCUT2D eigenvalue weighted by atomic mass is 9.98. The molecule has 2 heterocycles. The van der Waals surface area contributed by atoms with Gasteiger partial charge >= 0.3 is 0 Å². The van der Waals surface area contributed by atoms with Gasteiger partial charge in [-0.3, -0.25) is 9.59 Å². The quantitative estimate of drug-likeness (QED) is 0.693. The monoisotopic (exact) mass is 379 g/mol. The number of carbonyl (C=O) groups is 1. The molecule has 1 amide bonds. The van der Waals surface area contributed by atoms with Crippen molar-refractivity contribution in [3.63, 3.8) is 0 Å². The second-order valence-corrected chi connectivity index (χ2v) is 6.74. The minimum atomic E-state index is -0.254. The van der Waals surface area contributed by atoms with Crippen molar-refractivity contribution in [3.05, 3.63) is 64.1 Å². The Kier molecular flexibility index (Phi) is 4.73. The number of hydrogen-bond donors (Lipinski definition) is 0. The van der Waals surface area contributed by atoms with Crippen LogP contribution in [0.25, 0.3) is 10.8 Å². The van der Waals surface area contributed by atoms with Gasteiger partial charge in [0.15, 0.2) is 11.5 Å². The molecule has 0 radical (unpaired) electrons. The molecular formula is C21H21N3O4. The van der Waals surface area contributed by atoms with E-state index in [0.717, 1.165) is 22.9 Å². The third-order valence-electron chi connectivity index (χ3n) is 5.12. The van der Waals surface area contributed by atoms with Gasteiger partial charge in [-0.2, -0.15) is 5.10 Å². The maximum absolute atomic E-state index is 12.8. The Morgan fingerprint density at radius 1 is 1.11 bits per heavy atom. The van der Waals surface area contributed by atoms with E-state index in [2.05, 4.69) is 5.10 Å². The number of amides is 1. The molecule has 2 aromatic carbocycles. The summed E-state index contributed by atoms with van der Waals surface area (Å²) in [5.41, 5.74) is 1.91. The summed E-state index contributed by atoms with van der Waals surface area (Å²) in [6.45, 7) is 0.979. The standard InChI is InChI=1S/C21H21N3O4/c1-27-18-9-14-7-8-23(12-16(14)10-19(18)28-2)20(25)13-24-21(26)17-6-4-3-5-15(17)11-22-24/h3-6,9-11H,7-8,12-13H2,1-2H3. The predicted molar refractivity (Wildman–Crippen MR) is 105 cm³/mol. The molecule has 1 aliphatic heterocycles. The Morgan fingerprint density at radius 2 is 1.82 bits per heavy atom. The van der Waals surface area contributed by atoms with E-state index >= 15 is 0 Å². The number of nitrogens with zero attached hydrogens (tertiary/aromatic N) is 3. The van der Waals surface area contributed by atoms with Crippen LogP contribution < -0.4 is 15.0 Å². The zero-order valence-corrected chi connectivity index (χ0v) is 15.8. The van der Waals surface area contributed by atoms with Gasteiger partial charge in [0.25, 0.3) is 5.56 Å². The highest BCUT2D eigenvalue weighted by atomic mass is 16.5. The Balaban J connectivity index is 1.56. The van der Waals surface area contributed by atoms with Gasteiger partial charge in [0.05, 0.1) is 25.8 Å². The smallest absolute Gasteiger partial charge is 0.275 e. The van der Waals surface area contributed by atoms with E-state index in [1.54, 1.807) is 37.4 Å². The lowest BCUT2D eigenvalue weighted by molar-refractivity contribution is -0.133. The Morgan fingerprint density at radius 3 is 2.57 bits per heavy atom. The average molecular weight is 379 g/mol. The number of hydrogen-bond acceptors (Lipinski definition) is 5. The van der Waals surface area contributed by atoms with Crippen LogP contribution in [0.3, 0.4) is 0 Å². The van der Waals surface area contributed by atoms with E-state index in [9.17, 15) is 9.59 Å². The normalized spacial score (nSPS) is 13.3. The zero-order chi connectivity index (χ0) is 19.7. The third kappa shape index (κ3) is 3.19. The van der Waals surface area contributed by atoms with Gasteiger partial charge in [-0.15, -0.1) is 0 Å². The van der Waals surface area contributed by atoms with Gasteiger partial charge in [0.1, 0.15) is 6.54 Å². The maximum Gasteiger partial charge on any atom is 0.275 e. The molecule has 7 nitrogen and oxygen atoms in total. The third-order valence-corrected chi connectivity index (χ3v) is 5.12. The average Bonchev–Trinajstić information content (AvgIpc) is 2.74. The first-order valence-corrected chi connectivity index (χ1v) is 9.07. The summed E-state index contributed by atoms with van der Waals surface area (Å²) in [5, 5.41) is 5.48. The zero-order valence-electron chi connectivity index (χ0n) is 15.8. The van der Waals surface area contributed by atoms with Crippen LogP contribution in [0.4, 0.5) is 0 Å². The van der Waals surface area contributed by atoms with E-state index < -0.39 is 0 Å². The Bertz CT molecular complexity index is 1110. The number of fused-ring (bicyclic) bond motifs is 2. The minimum absolute atomic E-state index is 0.0771. The molecule has 0 spiro atoms. The molecule has 0 N–H and O–H groups in total.